The molecule has 1 N–H and O–H groups in total. The first-order valence-electron chi connectivity index (χ1n) is 9.35. The molecule has 29 heavy (non-hydrogen) atoms. The molecule has 0 saturated carbocycles. The zero-order valence-electron chi connectivity index (χ0n) is 17.2. The maximum absolute atomic E-state index is 12.6. The van der Waals surface area contributed by atoms with Gasteiger partial charge in [0.15, 0.2) is 0 Å². The summed E-state index contributed by atoms with van der Waals surface area (Å²) in [5, 5.41) is 6.85. The van der Waals surface area contributed by atoms with Crippen LogP contribution in [0.15, 0.2) is 40.4 Å². The molecule has 0 atom stereocenters. The van der Waals surface area contributed by atoms with Crippen molar-refractivity contribution in [3.05, 3.63) is 41.1 Å². The van der Waals surface area contributed by atoms with Gasteiger partial charge < -0.3 is 14.8 Å². The van der Waals surface area contributed by atoms with E-state index in [1.54, 1.807) is 24.7 Å². The van der Waals surface area contributed by atoms with E-state index < -0.39 is 21.5 Å². The lowest BCUT2D eigenvalue weighted by molar-refractivity contribution is -0.116. The summed E-state index contributed by atoms with van der Waals surface area (Å²) in [6, 6.07) is 2.42. The summed E-state index contributed by atoms with van der Waals surface area (Å²) in [5.41, 5.74) is 0.0500. The number of aromatic nitrogens is 3. The van der Waals surface area contributed by atoms with Crippen molar-refractivity contribution in [3.63, 3.8) is 0 Å². The lowest BCUT2D eigenvalue weighted by atomic mass is 10.4. The van der Waals surface area contributed by atoms with Crippen LogP contribution in [-0.4, -0.2) is 71.6 Å². The highest BCUT2D eigenvalue weighted by molar-refractivity contribution is 7.89. The highest BCUT2D eigenvalue weighted by Gasteiger charge is 2.22. The molecule has 0 aromatic carbocycles. The second-order valence-electron chi connectivity index (χ2n) is 6.76. The van der Waals surface area contributed by atoms with Crippen LogP contribution < -0.4 is 10.9 Å². The second kappa shape index (κ2) is 9.81. The monoisotopic (exact) mass is 424 g/mol. The molecule has 11 heteroatoms. The molecule has 160 valence electrons. The molecule has 1 amide bonds. The predicted octanol–water partition coefficient (Wildman–Crippen LogP) is 0.276. The normalized spacial score (nSPS) is 11.9. The van der Waals surface area contributed by atoms with Crippen LogP contribution in [0.3, 0.4) is 0 Å². The van der Waals surface area contributed by atoms with Crippen molar-refractivity contribution in [1.82, 2.24) is 23.6 Å². The van der Waals surface area contributed by atoms with Gasteiger partial charge in [0.25, 0.3) is 5.56 Å². The fourth-order valence-electron chi connectivity index (χ4n) is 2.71. The number of nitrogens with one attached hydrogen (secondary N) is 1. The topological polar surface area (TPSA) is 110 Å². The first-order chi connectivity index (χ1) is 13.7. The number of carbonyl (C=O) groups is 1. The van der Waals surface area contributed by atoms with Crippen LogP contribution in [0, 0.1) is 0 Å². The quantitative estimate of drug-likeness (QED) is 0.587. The number of pyridine rings is 1. The van der Waals surface area contributed by atoms with E-state index in [-0.39, 0.29) is 11.4 Å². The Labute approximate surface area is 170 Å². The van der Waals surface area contributed by atoms with E-state index in [2.05, 4.69) is 10.4 Å². The van der Waals surface area contributed by atoms with Crippen LogP contribution in [0.2, 0.25) is 0 Å². The predicted molar refractivity (Wildman–Crippen MR) is 110 cm³/mol. The molecule has 2 heterocycles. The average Bonchev–Trinajstić information content (AvgIpc) is 3.09. The van der Waals surface area contributed by atoms with Crippen molar-refractivity contribution in [1.29, 1.82) is 0 Å². The van der Waals surface area contributed by atoms with Gasteiger partial charge in [-0.1, -0.05) is 13.8 Å². The fraction of sp³-hybridized carbons (Fsp3) is 0.500. The number of likely N-dealkylation sites (N-methyl/N-ethyl adjacent to an activating group) is 1. The van der Waals surface area contributed by atoms with E-state index in [9.17, 15) is 18.0 Å². The first kappa shape index (κ1) is 22.8. The number of rotatable bonds is 10. The summed E-state index contributed by atoms with van der Waals surface area (Å²) in [6.45, 7) is 5.29. The minimum absolute atomic E-state index is 0.0231. The van der Waals surface area contributed by atoms with Crippen molar-refractivity contribution < 1.29 is 13.2 Å². The van der Waals surface area contributed by atoms with Gasteiger partial charge in [0, 0.05) is 38.1 Å². The molecule has 10 nitrogen and oxygen atoms in total. The van der Waals surface area contributed by atoms with Gasteiger partial charge in [-0.3, -0.25) is 14.3 Å². The molecule has 0 bridgehead atoms. The Morgan fingerprint density at radius 1 is 1.17 bits per heavy atom. The number of nitrogens with zero attached hydrogens (tertiary/aromatic N) is 5. The van der Waals surface area contributed by atoms with Crippen molar-refractivity contribution in [3.8, 4) is 0 Å². The van der Waals surface area contributed by atoms with Gasteiger partial charge in [-0.2, -0.15) is 9.40 Å². The van der Waals surface area contributed by atoms with Gasteiger partial charge in [-0.05, 0) is 20.2 Å². The van der Waals surface area contributed by atoms with Gasteiger partial charge in [0.05, 0.1) is 23.3 Å². The van der Waals surface area contributed by atoms with Gasteiger partial charge in [-0.25, -0.2) is 8.42 Å². The summed E-state index contributed by atoms with van der Waals surface area (Å²) in [7, 11) is 0.193. The molecule has 0 radical (unpaired) electrons. The van der Waals surface area contributed by atoms with E-state index in [4.69, 9.17) is 0 Å². The number of amides is 1. The summed E-state index contributed by atoms with van der Waals surface area (Å²) in [5.74, 6) is -0.448. The second-order valence-corrected chi connectivity index (χ2v) is 8.70. The molecule has 0 aliphatic carbocycles. The Kier molecular flexibility index (Phi) is 7.71. The third-order valence-electron chi connectivity index (χ3n) is 4.31. The van der Waals surface area contributed by atoms with Gasteiger partial charge in [0.2, 0.25) is 15.9 Å². The van der Waals surface area contributed by atoms with Crippen LogP contribution in [0.4, 0.5) is 5.69 Å². The third kappa shape index (κ3) is 5.99. The molecule has 2 aromatic rings. The first-order valence-corrected chi connectivity index (χ1v) is 10.8. The highest BCUT2D eigenvalue weighted by Crippen LogP contribution is 2.13. The molecule has 0 spiro atoms. The van der Waals surface area contributed by atoms with Crippen LogP contribution in [0.5, 0.6) is 0 Å². The largest absolute Gasteiger partial charge is 0.322 e. The van der Waals surface area contributed by atoms with E-state index in [0.29, 0.717) is 25.3 Å². The van der Waals surface area contributed by atoms with Gasteiger partial charge >= 0.3 is 0 Å². The van der Waals surface area contributed by atoms with Crippen LogP contribution in [-0.2, 0) is 27.9 Å². The summed E-state index contributed by atoms with van der Waals surface area (Å²) >= 11 is 0. The molecule has 0 fully saturated rings. The highest BCUT2D eigenvalue weighted by atomic mass is 32.2. The Morgan fingerprint density at radius 3 is 2.48 bits per heavy atom. The van der Waals surface area contributed by atoms with Crippen molar-refractivity contribution >= 4 is 21.6 Å². The summed E-state index contributed by atoms with van der Waals surface area (Å²) in [4.78, 5) is 26.4. The van der Waals surface area contributed by atoms with E-state index >= 15 is 0 Å². The molecule has 2 aromatic heterocycles. The molecular formula is C18H28N6O4S. The maximum atomic E-state index is 12.6. The molecular weight excluding hydrogens is 396 g/mol. The SMILES string of the molecule is CCN(CC)S(=O)(=O)c1ccc(=O)n(CC(=O)Nc2cnn(CCN(C)C)c2)c1. The molecule has 2 rings (SSSR count). The maximum Gasteiger partial charge on any atom is 0.251 e. The van der Waals surface area contributed by atoms with Crippen LogP contribution in [0.1, 0.15) is 13.8 Å². The number of sulfonamides is 1. The Hall–Kier alpha value is -2.50. The number of anilines is 1. The summed E-state index contributed by atoms with van der Waals surface area (Å²) < 4.78 is 29.4. The Bertz CT molecular complexity index is 992. The van der Waals surface area contributed by atoms with Gasteiger partial charge in [0.1, 0.15) is 6.54 Å². The lowest BCUT2D eigenvalue weighted by Crippen LogP contribution is -2.33. The van der Waals surface area contributed by atoms with Crippen molar-refractivity contribution in [2.45, 2.75) is 31.8 Å². The minimum Gasteiger partial charge on any atom is -0.322 e. The van der Waals surface area contributed by atoms with Crippen LogP contribution in [0.25, 0.3) is 0 Å². The minimum atomic E-state index is -3.72. The molecule has 0 unspecified atom stereocenters. The molecule has 0 aliphatic rings. The third-order valence-corrected chi connectivity index (χ3v) is 6.34. The summed E-state index contributed by atoms with van der Waals surface area (Å²) in [6.07, 6.45) is 4.43. The fourth-order valence-corrected chi connectivity index (χ4v) is 4.18. The lowest BCUT2D eigenvalue weighted by Gasteiger charge is -2.19. The standard InChI is InChI=1S/C18H28N6O4S/c1-5-24(6-2)29(27,28)16-7-8-18(26)22(13-16)14-17(25)20-15-11-19-23(12-15)10-9-21(3)4/h7-8,11-13H,5-6,9-10,14H2,1-4H3,(H,20,25). The number of carbonyl (C=O) groups excluding carboxylic acids is 1. The van der Waals surface area contributed by atoms with Gasteiger partial charge in [-0.15, -0.1) is 0 Å². The Morgan fingerprint density at radius 2 is 1.86 bits per heavy atom. The zero-order chi connectivity index (χ0) is 21.6. The molecule has 0 aliphatic heterocycles. The number of hydrogen-bond acceptors (Lipinski definition) is 6. The van der Waals surface area contributed by atoms with E-state index in [1.807, 2.05) is 19.0 Å². The van der Waals surface area contributed by atoms with Crippen molar-refractivity contribution in [2.24, 2.45) is 0 Å². The smallest absolute Gasteiger partial charge is 0.251 e. The number of hydrogen-bond donors (Lipinski definition) is 1. The molecule has 0 saturated heterocycles. The van der Waals surface area contributed by atoms with Crippen LogP contribution >= 0.6 is 0 Å². The van der Waals surface area contributed by atoms with Crippen molar-refractivity contribution in [2.75, 3.05) is 39.0 Å². The van der Waals surface area contributed by atoms with E-state index in [0.717, 1.165) is 17.2 Å². The zero-order valence-corrected chi connectivity index (χ0v) is 18.0. The Balaban J connectivity index is 2.12. The van der Waals surface area contributed by atoms with E-state index in [1.165, 1.54) is 22.8 Å². The average molecular weight is 425 g/mol.